The molecule has 1 aromatic heterocycles. The molecule has 0 saturated heterocycles. The van der Waals surface area contributed by atoms with Crippen LogP contribution in [-0.4, -0.2) is 32.1 Å². The number of aromatic nitrogens is 2. The summed E-state index contributed by atoms with van der Waals surface area (Å²) in [6.07, 6.45) is 1.33. The van der Waals surface area contributed by atoms with E-state index in [0.29, 0.717) is 5.69 Å². The Balaban J connectivity index is 2.55. The van der Waals surface area contributed by atoms with Gasteiger partial charge in [-0.15, -0.1) is 0 Å². The Labute approximate surface area is 122 Å². The van der Waals surface area contributed by atoms with Crippen molar-refractivity contribution >= 4 is 27.9 Å². The summed E-state index contributed by atoms with van der Waals surface area (Å²) in [6, 6.07) is 10.6. The molecule has 0 aliphatic heterocycles. The Bertz CT molecular complexity index is 646. The lowest BCUT2D eigenvalue weighted by Gasteiger charge is -2.16. The number of aliphatic carboxylic acids is 2. The molecule has 0 aliphatic carbocycles. The summed E-state index contributed by atoms with van der Waals surface area (Å²) in [5.41, 5.74) is 1.18. The van der Waals surface area contributed by atoms with Gasteiger partial charge in [0.05, 0.1) is 5.69 Å². The molecule has 1 heterocycles. The average molecular weight is 337 g/mol. The van der Waals surface area contributed by atoms with Crippen LogP contribution in [0, 0.1) is 0 Å². The van der Waals surface area contributed by atoms with Gasteiger partial charge in [0.25, 0.3) is 4.32 Å². The topological polar surface area (TPSA) is 100 Å². The van der Waals surface area contributed by atoms with Crippen LogP contribution in [0.4, 0.5) is 0 Å². The third kappa shape index (κ3) is 2.39. The number of benzene rings is 1. The molecule has 2 rings (SSSR count). The Kier molecular flexibility index (Phi) is 3.80. The highest BCUT2D eigenvalue weighted by molar-refractivity contribution is 9.10. The van der Waals surface area contributed by atoms with Gasteiger partial charge < -0.3 is 10.2 Å². The highest BCUT2D eigenvalue weighted by Crippen LogP contribution is 2.30. The number of nitrogens with zero attached hydrogens (tertiary/aromatic N) is 2. The molecule has 7 heteroatoms. The van der Waals surface area contributed by atoms with Crippen molar-refractivity contribution < 1.29 is 19.8 Å². The van der Waals surface area contributed by atoms with Gasteiger partial charge >= 0.3 is 11.9 Å². The van der Waals surface area contributed by atoms with Crippen molar-refractivity contribution in [1.29, 1.82) is 0 Å². The number of rotatable bonds is 4. The molecule has 0 spiro atoms. The number of halogens is 1. The van der Waals surface area contributed by atoms with Crippen LogP contribution in [0.1, 0.15) is 5.82 Å². The normalized spacial score (nSPS) is 11.1. The van der Waals surface area contributed by atoms with Crippen molar-refractivity contribution in [3.63, 3.8) is 0 Å². The van der Waals surface area contributed by atoms with E-state index in [1.54, 1.807) is 30.3 Å². The first-order chi connectivity index (χ1) is 9.46. The Morgan fingerprint density at radius 2 is 1.65 bits per heavy atom. The van der Waals surface area contributed by atoms with E-state index in [4.69, 9.17) is 10.2 Å². The van der Waals surface area contributed by atoms with E-state index in [1.165, 1.54) is 6.20 Å². The fraction of sp³-hybridized carbons (Fsp3) is 0.0769. The second-order valence-electron chi connectivity index (χ2n) is 3.90. The number of hydrogen-bond donors (Lipinski definition) is 2. The van der Waals surface area contributed by atoms with Gasteiger partial charge in [0.2, 0.25) is 0 Å². The molecule has 0 fully saturated rings. The SMILES string of the molecule is O=C(O)C(Br)(C(=O)O)c1nccc(-c2ccccc2)n1. The van der Waals surface area contributed by atoms with Crippen molar-refractivity contribution in [1.82, 2.24) is 9.97 Å². The van der Waals surface area contributed by atoms with Crippen LogP contribution in [0.5, 0.6) is 0 Å². The molecular weight excluding hydrogens is 328 g/mol. The van der Waals surface area contributed by atoms with Crippen LogP contribution in [0.15, 0.2) is 42.6 Å². The fourth-order valence-corrected chi connectivity index (χ4v) is 1.77. The van der Waals surface area contributed by atoms with Gasteiger partial charge in [-0.3, -0.25) is 0 Å². The van der Waals surface area contributed by atoms with Crippen molar-refractivity contribution in [2.24, 2.45) is 0 Å². The maximum atomic E-state index is 11.2. The number of carboxylic acid groups (broad SMARTS) is 2. The zero-order valence-corrected chi connectivity index (χ0v) is 11.6. The van der Waals surface area contributed by atoms with E-state index in [2.05, 4.69) is 25.9 Å². The molecule has 0 unspecified atom stereocenters. The Morgan fingerprint density at radius 1 is 1.05 bits per heavy atom. The molecule has 0 radical (unpaired) electrons. The smallest absolute Gasteiger partial charge is 0.340 e. The van der Waals surface area contributed by atoms with Crippen LogP contribution >= 0.6 is 15.9 Å². The van der Waals surface area contributed by atoms with Crippen molar-refractivity contribution in [2.45, 2.75) is 4.32 Å². The van der Waals surface area contributed by atoms with Gasteiger partial charge in [-0.2, -0.15) is 0 Å². The van der Waals surface area contributed by atoms with E-state index in [9.17, 15) is 9.59 Å². The molecule has 102 valence electrons. The first kappa shape index (κ1) is 14.1. The molecular formula is C13H9BrN2O4. The summed E-state index contributed by atoms with van der Waals surface area (Å²) in [4.78, 5) is 30.2. The minimum atomic E-state index is -2.36. The summed E-state index contributed by atoms with van der Waals surface area (Å²) in [6.45, 7) is 0. The monoisotopic (exact) mass is 336 g/mol. The molecule has 2 aromatic rings. The van der Waals surface area contributed by atoms with Crippen LogP contribution in [0.2, 0.25) is 0 Å². The van der Waals surface area contributed by atoms with Gasteiger partial charge in [0.1, 0.15) is 0 Å². The molecule has 0 amide bonds. The Morgan fingerprint density at radius 3 is 2.20 bits per heavy atom. The fourth-order valence-electron chi connectivity index (χ4n) is 1.58. The maximum absolute atomic E-state index is 11.2. The summed E-state index contributed by atoms with van der Waals surface area (Å²) in [5.74, 6) is -3.51. The van der Waals surface area contributed by atoms with Crippen LogP contribution in [0.3, 0.4) is 0 Å². The molecule has 0 saturated carbocycles. The number of alkyl halides is 1. The highest BCUT2D eigenvalue weighted by atomic mass is 79.9. The summed E-state index contributed by atoms with van der Waals surface area (Å²) in [5, 5.41) is 18.2. The van der Waals surface area contributed by atoms with E-state index in [0.717, 1.165) is 5.56 Å². The molecule has 6 nitrogen and oxygen atoms in total. The summed E-state index contributed by atoms with van der Waals surface area (Å²) in [7, 11) is 0. The van der Waals surface area contributed by atoms with Gasteiger partial charge in [0, 0.05) is 11.8 Å². The predicted molar refractivity (Wildman–Crippen MR) is 73.3 cm³/mol. The first-order valence-corrected chi connectivity index (χ1v) is 6.30. The molecule has 2 N–H and O–H groups in total. The van der Waals surface area contributed by atoms with Crippen LogP contribution in [0.25, 0.3) is 11.3 Å². The molecule has 20 heavy (non-hydrogen) atoms. The molecule has 1 aromatic carbocycles. The minimum absolute atomic E-state index is 0.334. The summed E-state index contributed by atoms with van der Waals surface area (Å²) >= 11 is 2.70. The molecule has 0 aliphatic rings. The largest absolute Gasteiger partial charge is 0.479 e. The summed E-state index contributed by atoms with van der Waals surface area (Å²) < 4.78 is -2.36. The van der Waals surface area contributed by atoms with Crippen molar-refractivity contribution in [3.8, 4) is 11.3 Å². The van der Waals surface area contributed by atoms with Gasteiger partial charge in [-0.1, -0.05) is 46.3 Å². The zero-order chi connectivity index (χ0) is 14.8. The van der Waals surface area contributed by atoms with Crippen LogP contribution < -0.4 is 0 Å². The third-order valence-corrected chi connectivity index (χ3v) is 3.66. The predicted octanol–water partition coefficient (Wildman–Crippen LogP) is 1.90. The second kappa shape index (κ2) is 5.38. The minimum Gasteiger partial charge on any atom is -0.479 e. The van der Waals surface area contributed by atoms with Gasteiger partial charge in [0.15, 0.2) is 5.82 Å². The lowest BCUT2D eigenvalue weighted by atomic mass is 10.1. The maximum Gasteiger partial charge on any atom is 0.340 e. The van der Waals surface area contributed by atoms with E-state index >= 15 is 0 Å². The zero-order valence-electron chi connectivity index (χ0n) is 10.0. The van der Waals surface area contributed by atoms with E-state index in [-0.39, 0.29) is 5.82 Å². The van der Waals surface area contributed by atoms with Crippen molar-refractivity contribution in [3.05, 3.63) is 48.4 Å². The lowest BCUT2D eigenvalue weighted by molar-refractivity contribution is -0.152. The quantitative estimate of drug-likeness (QED) is 0.653. The van der Waals surface area contributed by atoms with Gasteiger partial charge in [-0.05, 0) is 6.07 Å². The lowest BCUT2D eigenvalue weighted by Crippen LogP contribution is -2.39. The number of carbonyl (C=O) groups is 2. The standard InChI is InChI=1S/C13H9BrN2O4/c14-13(11(17)18,12(19)20)10-15-7-6-9(16-10)8-4-2-1-3-5-8/h1-7H,(H,17,18)(H,19,20). The number of carboxylic acids is 2. The third-order valence-electron chi connectivity index (χ3n) is 2.62. The Hall–Kier alpha value is -2.28. The van der Waals surface area contributed by atoms with E-state index in [1.807, 2.05) is 6.07 Å². The van der Waals surface area contributed by atoms with E-state index < -0.39 is 16.3 Å². The molecule has 0 bridgehead atoms. The van der Waals surface area contributed by atoms with Gasteiger partial charge in [-0.25, -0.2) is 19.6 Å². The first-order valence-electron chi connectivity index (χ1n) is 5.51. The second-order valence-corrected chi connectivity index (χ2v) is 5.09. The molecule has 0 atom stereocenters. The number of hydrogen-bond acceptors (Lipinski definition) is 4. The van der Waals surface area contributed by atoms with Crippen molar-refractivity contribution in [2.75, 3.05) is 0 Å². The average Bonchev–Trinajstić information content (AvgIpc) is 2.47. The van der Waals surface area contributed by atoms with Crippen LogP contribution in [-0.2, 0) is 13.9 Å². The highest BCUT2D eigenvalue weighted by Gasteiger charge is 2.49.